The van der Waals surface area contributed by atoms with Crippen LogP contribution in [0.3, 0.4) is 0 Å². The van der Waals surface area contributed by atoms with Gasteiger partial charge in [-0.2, -0.15) is 0 Å². The van der Waals surface area contributed by atoms with E-state index in [1.54, 1.807) is 0 Å². The van der Waals surface area contributed by atoms with Crippen LogP contribution in [0.25, 0.3) is 0 Å². The number of hydrogen-bond acceptors (Lipinski definition) is 2. The van der Waals surface area contributed by atoms with Gasteiger partial charge in [0.25, 0.3) is 0 Å². The minimum absolute atomic E-state index is 0.103. The molecular formula is C9H14O3. The van der Waals surface area contributed by atoms with Gasteiger partial charge in [-0.25, -0.2) is 0 Å². The monoisotopic (exact) mass is 170 g/mol. The van der Waals surface area contributed by atoms with Crippen LogP contribution in [0.15, 0.2) is 0 Å². The van der Waals surface area contributed by atoms with Gasteiger partial charge in [0, 0.05) is 0 Å². The molecule has 1 heterocycles. The molecule has 2 fully saturated rings. The Bertz CT molecular complexity index is 186. The Balaban J connectivity index is 1.88. The van der Waals surface area contributed by atoms with Crippen LogP contribution >= 0.6 is 0 Å². The second kappa shape index (κ2) is 2.73. The Hall–Kier alpha value is -0.570. The average Bonchev–Trinajstić information content (AvgIpc) is 2.02. The van der Waals surface area contributed by atoms with Crippen LogP contribution in [0.5, 0.6) is 0 Å². The molecule has 0 aromatic heterocycles. The maximum absolute atomic E-state index is 10.6. The molecule has 0 unspecified atom stereocenters. The molecule has 1 N–H and O–H groups in total. The first-order chi connectivity index (χ1) is 5.72. The summed E-state index contributed by atoms with van der Waals surface area (Å²) in [6, 6.07) is 0. The molecule has 1 aliphatic carbocycles. The smallest absolute Gasteiger partial charge is 0.306 e. The second-order valence-corrected chi connectivity index (χ2v) is 3.89. The van der Waals surface area contributed by atoms with E-state index < -0.39 is 5.97 Å². The Labute approximate surface area is 71.7 Å². The van der Waals surface area contributed by atoms with Crippen LogP contribution < -0.4 is 0 Å². The van der Waals surface area contributed by atoms with Gasteiger partial charge in [0.1, 0.15) is 0 Å². The summed E-state index contributed by atoms with van der Waals surface area (Å²) in [5, 5.41) is 8.76. The summed E-state index contributed by atoms with van der Waals surface area (Å²) in [7, 11) is 0. The molecular weight excluding hydrogens is 156 g/mol. The second-order valence-electron chi connectivity index (χ2n) is 3.89. The molecule has 1 saturated carbocycles. The first-order valence-electron chi connectivity index (χ1n) is 4.59. The van der Waals surface area contributed by atoms with Crippen molar-refractivity contribution in [1.29, 1.82) is 0 Å². The van der Waals surface area contributed by atoms with Gasteiger partial charge >= 0.3 is 5.97 Å². The standard InChI is InChI=1S/C9H14O3/c10-8(11)7-1-3-9(4-2-7)5-6-12-9/h7H,1-6H2,(H,10,11). The molecule has 1 spiro atoms. The largest absolute Gasteiger partial charge is 0.481 e. The Morgan fingerprint density at radius 3 is 2.25 bits per heavy atom. The first kappa shape index (κ1) is 8.05. The van der Waals surface area contributed by atoms with Crippen molar-refractivity contribution in [2.24, 2.45) is 5.92 Å². The molecule has 1 aliphatic heterocycles. The van der Waals surface area contributed by atoms with Crippen molar-refractivity contribution >= 4 is 5.97 Å². The molecule has 0 bridgehead atoms. The van der Waals surface area contributed by atoms with E-state index in [0.29, 0.717) is 0 Å². The molecule has 3 nitrogen and oxygen atoms in total. The molecule has 0 atom stereocenters. The summed E-state index contributed by atoms with van der Waals surface area (Å²) in [6.45, 7) is 0.873. The maximum Gasteiger partial charge on any atom is 0.306 e. The number of hydrogen-bond donors (Lipinski definition) is 1. The van der Waals surface area contributed by atoms with Crippen molar-refractivity contribution in [3.63, 3.8) is 0 Å². The van der Waals surface area contributed by atoms with Gasteiger partial charge in [0.05, 0.1) is 18.1 Å². The number of ether oxygens (including phenoxy) is 1. The lowest BCUT2D eigenvalue weighted by molar-refractivity contribution is -0.175. The third-order valence-corrected chi connectivity index (χ3v) is 3.21. The SMILES string of the molecule is O=C(O)C1CCC2(CCO2)CC1. The van der Waals surface area contributed by atoms with E-state index in [-0.39, 0.29) is 11.5 Å². The fraction of sp³-hybridized carbons (Fsp3) is 0.889. The predicted octanol–water partition coefficient (Wildman–Crippen LogP) is 1.42. The lowest BCUT2D eigenvalue weighted by Crippen LogP contribution is -2.47. The summed E-state index contributed by atoms with van der Waals surface area (Å²) < 4.78 is 5.49. The van der Waals surface area contributed by atoms with Crippen molar-refractivity contribution in [2.75, 3.05) is 6.61 Å². The molecule has 0 aromatic rings. The third-order valence-electron chi connectivity index (χ3n) is 3.21. The number of carbonyl (C=O) groups is 1. The zero-order valence-electron chi connectivity index (χ0n) is 7.08. The van der Waals surface area contributed by atoms with Crippen molar-refractivity contribution < 1.29 is 14.6 Å². The number of carboxylic acid groups (broad SMARTS) is 1. The molecule has 2 aliphatic rings. The van der Waals surface area contributed by atoms with Gasteiger partial charge in [-0.15, -0.1) is 0 Å². The molecule has 12 heavy (non-hydrogen) atoms. The Morgan fingerprint density at radius 2 is 1.92 bits per heavy atom. The molecule has 0 aromatic carbocycles. The predicted molar refractivity (Wildman–Crippen MR) is 42.9 cm³/mol. The zero-order valence-corrected chi connectivity index (χ0v) is 7.08. The van der Waals surface area contributed by atoms with Crippen molar-refractivity contribution in [3.05, 3.63) is 0 Å². The summed E-state index contributed by atoms with van der Waals surface area (Å²) in [5.41, 5.74) is 0.103. The molecule has 68 valence electrons. The fourth-order valence-corrected chi connectivity index (χ4v) is 2.18. The van der Waals surface area contributed by atoms with Gasteiger partial charge in [0.15, 0.2) is 0 Å². The fourth-order valence-electron chi connectivity index (χ4n) is 2.18. The van der Waals surface area contributed by atoms with E-state index in [4.69, 9.17) is 9.84 Å². The molecule has 2 rings (SSSR count). The highest BCUT2D eigenvalue weighted by molar-refractivity contribution is 5.70. The number of rotatable bonds is 1. The number of carboxylic acids is 1. The van der Waals surface area contributed by atoms with E-state index in [1.165, 1.54) is 0 Å². The van der Waals surface area contributed by atoms with Gasteiger partial charge in [-0.05, 0) is 32.1 Å². The third kappa shape index (κ3) is 1.22. The quantitative estimate of drug-likeness (QED) is 0.647. The van der Waals surface area contributed by atoms with Crippen molar-refractivity contribution in [3.8, 4) is 0 Å². The van der Waals surface area contributed by atoms with Gasteiger partial charge in [-0.1, -0.05) is 0 Å². The Kier molecular flexibility index (Phi) is 1.83. The van der Waals surface area contributed by atoms with E-state index >= 15 is 0 Å². The van der Waals surface area contributed by atoms with Gasteiger partial charge in [0.2, 0.25) is 0 Å². The van der Waals surface area contributed by atoms with Gasteiger partial charge in [-0.3, -0.25) is 4.79 Å². The van der Waals surface area contributed by atoms with Crippen LogP contribution in [0, 0.1) is 5.92 Å². The van der Waals surface area contributed by atoms with E-state index in [0.717, 1.165) is 38.7 Å². The van der Waals surface area contributed by atoms with Crippen LogP contribution in [0.1, 0.15) is 32.1 Å². The lowest BCUT2D eigenvalue weighted by Gasteiger charge is -2.46. The highest BCUT2D eigenvalue weighted by Gasteiger charge is 2.42. The van der Waals surface area contributed by atoms with E-state index in [2.05, 4.69) is 0 Å². The zero-order chi connectivity index (χ0) is 8.60. The topological polar surface area (TPSA) is 46.5 Å². The van der Waals surface area contributed by atoms with Crippen LogP contribution in [0.2, 0.25) is 0 Å². The van der Waals surface area contributed by atoms with E-state index in [1.807, 2.05) is 0 Å². The normalized spacial score (nSPS) is 40.8. The minimum atomic E-state index is -0.635. The van der Waals surface area contributed by atoms with Gasteiger partial charge < -0.3 is 9.84 Å². The van der Waals surface area contributed by atoms with Crippen molar-refractivity contribution in [2.45, 2.75) is 37.7 Å². The van der Waals surface area contributed by atoms with Crippen molar-refractivity contribution in [1.82, 2.24) is 0 Å². The number of aliphatic carboxylic acids is 1. The van der Waals surface area contributed by atoms with Crippen LogP contribution in [-0.4, -0.2) is 23.3 Å². The maximum atomic E-state index is 10.6. The molecule has 0 amide bonds. The molecule has 0 radical (unpaired) electrons. The summed E-state index contributed by atoms with van der Waals surface area (Å²) in [5.74, 6) is -0.746. The molecule has 3 heteroatoms. The molecule has 1 saturated heterocycles. The highest BCUT2D eigenvalue weighted by atomic mass is 16.5. The summed E-state index contributed by atoms with van der Waals surface area (Å²) in [6.07, 6.45) is 4.64. The average molecular weight is 170 g/mol. The van der Waals surface area contributed by atoms with E-state index in [9.17, 15) is 4.79 Å². The Morgan fingerprint density at radius 1 is 1.33 bits per heavy atom. The van der Waals surface area contributed by atoms with Crippen LogP contribution in [-0.2, 0) is 9.53 Å². The lowest BCUT2D eigenvalue weighted by atomic mass is 9.75. The summed E-state index contributed by atoms with van der Waals surface area (Å²) in [4.78, 5) is 10.6. The summed E-state index contributed by atoms with van der Waals surface area (Å²) >= 11 is 0. The van der Waals surface area contributed by atoms with Crippen LogP contribution in [0.4, 0.5) is 0 Å². The highest BCUT2D eigenvalue weighted by Crippen LogP contribution is 2.42. The minimum Gasteiger partial charge on any atom is -0.481 e. The first-order valence-corrected chi connectivity index (χ1v) is 4.59.